The number of hydrogen-bond donors (Lipinski definition) is 2. The lowest BCUT2D eigenvalue weighted by Crippen LogP contribution is -2.19. The molecule has 1 aromatic heterocycles. The molecule has 0 bridgehead atoms. The largest absolute Gasteiger partial charge is 0.477 e. The van der Waals surface area contributed by atoms with E-state index in [0.717, 1.165) is 31.6 Å². The molecule has 0 unspecified atom stereocenters. The molecule has 5 heteroatoms. The SMILES string of the molecule is CN(C)CCCCNCc1cccc(C(=O)O)n1. The summed E-state index contributed by atoms with van der Waals surface area (Å²) in [5, 5.41) is 12.1. The predicted octanol–water partition coefficient (Wildman–Crippen LogP) is 1.21. The summed E-state index contributed by atoms with van der Waals surface area (Å²) in [5.74, 6) is -0.983. The summed E-state index contributed by atoms with van der Waals surface area (Å²) in [6.07, 6.45) is 2.26. The molecule has 0 aliphatic rings. The molecule has 0 atom stereocenters. The van der Waals surface area contributed by atoms with Crippen molar-refractivity contribution in [3.05, 3.63) is 29.6 Å². The van der Waals surface area contributed by atoms with Crippen LogP contribution < -0.4 is 5.32 Å². The van der Waals surface area contributed by atoms with E-state index < -0.39 is 5.97 Å². The van der Waals surface area contributed by atoms with Gasteiger partial charge in [-0.3, -0.25) is 0 Å². The Hall–Kier alpha value is -1.46. The highest BCUT2D eigenvalue weighted by atomic mass is 16.4. The Balaban J connectivity index is 2.23. The topological polar surface area (TPSA) is 65.5 Å². The zero-order chi connectivity index (χ0) is 13.4. The molecule has 2 N–H and O–H groups in total. The van der Waals surface area contributed by atoms with Crippen LogP contribution in [0.4, 0.5) is 0 Å². The maximum absolute atomic E-state index is 10.7. The summed E-state index contributed by atoms with van der Waals surface area (Å²) >= 11 is 0. The van der Waals surface area contributed by atoms with Crippen molar-refractivity contribution in [2.75, 3.05) is 27.2 Å². The van der Waals surface area contributed by atoms with Crippen LogP contribution >= 0.6 is 0 Å². The van der Waals surface area contributed by atoms with Gasteiger partial charge in [-0.25, -0.2) is 9.78 Å². The van der Waals surface area contributed by atoms with Gasteiger partial charge in [-0.05, 0) is 52.2 Å². The number of aromatic nitrogens is 1. The predicted molar refractivity (Wildman–Crippen MR) is 70.7 cm³/mol. The lowest BCUT2D eigenvalue weighted by Gasteiger charge is -2.09. The van der Waals surface area contributed by atoms with Crippen molar-refractivity contribution in [2.45, 2.75) is 19.4 Å². The van der Waals surface area contributed by atoms with Crippen LogP contribution in [0.1, 0.15) is 29.0 Å². The van der Waals surface area contributed by atoms with Gasteiger partial charge >= 0.3 is 5.97 Å². The summed E-state index contributed by atoms with van der Waals surface area (Å²) in [6, 6.07) is 5.06. The van der Waals surface area contributed by atoms with Gasteiger partial charge in [0.2, 0.25) is 0 Å². The summed E-state index contributed by atoms with van der Waals surface area (Å²) < 4.78 is 0. The van der Waals surface area contributed by atoms with Gasteiger partial charge in [0, 0.05) is 6.54 Å². The quantitative estimate of drug-likeness (QED) is 0.680. The highest BCUT2D eigenvalue weighted by molar-refractivity contribution is 5.85. The molecule has 0 amide bonds. The molecule has 5 nitrogen and oxygen atoms in total. The van der Waals surface area contributed by atoms with Crippen LogP contribution in [0.5, 0.6) is 0 Å². The number of rotatable bonds is 8. The van der Waals surface area contributed by atoms with Crippen LogP contribution in [0.2, 0.25) is 0 Å². The van der Waals surface area contributed by atoms with Crippen LogP contribution in [0.3, 0.4) is 0 Å². The number of pyridine rings is 1. The van der Waals surface area contributed by atoms with Gasteiger partial charge in [0.1, 0.15) is 5.69 Å². The van der Waals surface area contributed by atoms with Gasteiger partial charge in [0.15, 0.2) is 0 Å². The molecule has 0 aliphatic carbocycles. The third kappa shape index (κ3) is 5.75. The molecular formula is C13H21N3O2. The minimum atomic E-state index is -0.983. The zero-order valence-corrected chi connectivity index (χ0v) is 11.0. The maximum atomic E-state index is 10.7. The van der Waals surface area contributed by atoms with E-state index in [0.29, 0.717) is 6.54 Å². The van der Waals surface area contributed by atoms with Gasteiger partial charge in [0.05, 0.1) is 5.69 Å². The molecule has 0 saturated heterocycles. The Morgan fingerprint density at radius 1 is 1.39 bits per heavy atom. The van der Waals surface area contributed by atoms with Crippen molar-refractivity contribution >= 4 is 5.97 Å². The molecule has 100 valence electrons. The van der Waals surface area contributed by atoms with Crippen LogP contribution in [0.15, 0.2) is 18.2 Å². The fourth-order valence-corrected chi connectivity index (χ4v) is 1.59. The fraction of sp³-hybridized carbons (Fsp3) is 0.538. The van der Waals surface area contributed by atoms with Crippen molar-refractivity contribution in [3.63, 3.8) is 0 Å². The molecule has 0 saturated carbocycles. The van der Waals surface area contributed by atoms with Crippen molar-refractivity contribution in [3.8, 4) is 0 Å². The number of nitrogens with zero attached hydrogens (tertiary/aromatic N) is 2. The first-order valence-electron chi connectivity index (χ1n) is 6.14. The van der Waals surface area contributed by atoms with Crippen molar-refractivity contribution in [1.29, 1.82) is 0 Å². The smallest absolute Gasteiger partial charge is 0.354 e. The fourth-order valence-electron chi connectivity index (χ4n) is 1.59. The van der Waals surface area contributed by atoms with Crippen LogP contribution in [0, 0.1) is 0 Å². The Bertz CT molecular complexity index is 380. The molecule has 0 aliphatic heterocycles. The van der Waals surface area contributed by atoms with Gasteiger partial charge in [-0.2, -0.15) is 0 Å². The van der Waals surface area contributed by atoms with E-state index in [-0.39, 0.29) is 5.69 Å². The summed E-state index contributed by atoms with van der Waals surface area (Å²) in [4.78, 5) is 17.0. The van der Waals surface area contributed by atoms with E-state index in [2.05, 4.69) is 29.3 Å². The molecular weight excluding hydrogens is 230 g/mol. The van der Waals surface area contributed by atoms with Crippen LogP contribution in [-0.2, 0) is 6.54 Å². The molecule has 0 spiro atoms. The van der Waals surface area contributed by atoms with Crippen LogP contribution in [-0.4, -0.2) is 48.1 Å². The first-order valence-corrected chi connectivity index (χ1v) is 6.14. The van der Waals surface area contributed by atoms with Gasteiger partial charge in [-0.1, -0.05) is 6.07 Å². The second kappa shape index (κ2) is 7.79. The Morgan fingerprint density at radius 2 is 2.17 bits per heavy atom. The number of hydrogen-bond acceptors (Lipinski definition) is 4. The highest BCUT2D eigenvalue weighted by Crippen LogP contribution is 1.99. The zero-order valence-electron chi connectivity index (χ0n) is 11.0. The van der Waals surface area contributed by atoms with E-state index in [4.69, 9.17) is 5.11 Å². The average Bonchev–Trinajstić information content (AvgIpc) is 2.33. The molecule has 0 aromatic carbocycles. The summed E-state index contributed by atoms with van der Waals surface area (Å²) in [6.45, 7) is 2.63. The van der Waals surface area contributed by atoms with Crippen molar-refractivity contribution < 1.29 is 9.90 Å². The van der Waals surface area contributed by atoms with E-state index >= 15 is 0 Å². The van der Waals surface area contributed by atoms with E-state index in [1.54, 1.807) is 6.07 Å². The van der Waals surface area contributed by atoms with E-state index in [1.807, 2.05) is 6.07 Å². The van der Waals surface area contributed by atoms with Crippen molar-refractivity contribution in [1.82, 2.24) is 15.2 Å². The molecule has 0 fully saturated rings. The standard InChI is InChI=1S/C13H21N3O2/c1-16(2)9-4-3-8-14-10-11-6-5-7-12(15-11)13(17)18/h5-7,14H,3-4,8-10H2,1-2H3,(H,17,18). The van der Waals surface area contributed by atoms with Gasteiger partial charge < -0.3 is 15.3 Å². The number of aromatic carboxylic acids is 1. The minimum absolute atomic E-state index is 0.0990. The van der Waals surface area contributed by atoms with Crippen LogP contribution in [0.25, 0.3) is 0 Å². The number of nitrogens with one attached hydrogen (secondary N) is 1. The summed E-state index contributed by atoms with van der Waals surface area (Å²) in [7, 11) is 4.13. The number of carboxylic acid groups (broad SMARTS) is 1. The Morgan fingerprint density at radius 3 is 2.83 bits per heavy atom. The number of carbonyl (C=O) groups is 1. The molecule has 18 heavy (non-hydrogen) atoms. The molecule has 0 radical (unpaired) electrons. The normalized spacial score (nSPS) is 10.8. The first-order chi connectivity index (χ1) is 8.59. The molecule has 1 rings (SSSR count). The van der Waals surface area contributed by atoms with E-state index in [1.165, 1.54) is 6.07 Å². The summed E-state index contributed by atoms with van der Waals surface area (Å²) in [5.41, 5.74) is 0.865. The number of carboxylic acids is 1. The van der Waals surface area contributed by atoms with E-state index in [9.17, 15) is 4.79 Å². The lowest BCUT2D eigenvalue weighted by molar-refractivity contribution is 0.0690. The molecule has 1 aromatic rings. The molecule has 1 heterocycles. The Kier molecular flexibility index (Phi) is 6.32. The Labute approximate surface area is 108 Å². The van der Waals surface area contributed by atoms with Crippen molar-refractivity contribution in [2.24, 2.45) is 0 Å². The lowest BCUT2D eigenvalue weighted by atomic mass is 10.2. The second-order valence-electron chi connectivity index (χ2n) is 4.51. The first kappa shape index (κ1) is 14.6. The van der Waals surface area contributed by atoms with Gasteiger partial charge in [-0.15, -0.1) is 0 Å². The second-order valence-corrected chi connectivity index (χ2v) is 4.51. The number of unbranched alkanes of at least 4 members (excludes halogenated alkanes) is 1. The highest BCUT2D eigenvalue weighted by Gasteiger charge is 2.04. The van der Waals surface area contributed by atoms with Gasteiger partial charge in [0.25, 0.3) is 0 Å². The third-order valence-electron chi connectivity index (χ3n) is 2.54. The monoisotopic (exact) mass is 251 g/mol. The average molecular weight is 251 g/mol. The maximum Gasteiger partial charge on any atom is 0.354 e. The third-order valence-corrected chi connectivity index (χ3v) is 2.54. The minimum Gasteiger partial charge on any atom is -0.477 e.